The molecule has 4 aromatic rings. The van der Waals surface area contributed by atoms with Crippen molar-refractivity contribution in [3.8, 4) is 11.6 Å². The molecule has 9 nitrogen and oxygen atoms in total. The van der Waals surface area contributed by atoms with Gasteiger partial charge in [-0.3, -0.25) is 9.89 Å². The van der Waals surface area contributed by atoms with E-state index in [1.807, 2.05) is 24.3 Å². The van der Waals surface area contributed by atoms with Gasteiger partial charge in [-0.2, -0.15) is 5.10 Å². The number of hydrogen-bond acceptors (Lipinski definition) is 7. The van der Waals surface area contributed by atoms with Gasteiger partial charge in [0, 0.05) is 29.4 Å². The first-order valence-corrected chi connectivity index (χ1v) is 10.2. The Bertz CT molecular complexity index is 1380. The molecule has 0 bridgehead atoms. The van der Waals surface area contributed by atoms with E-state index in [-0.39, 0.29) is 11.8 Å². The van der Waals surface area contributed by atoms with E-state index in [4.69, 9.17) is 9.47 Å². The number of benzene rings is 2. The number of ether oxygens (including phenoxy) is 2. The average molecular weight is 428 g/mol. The number of methoxy groups -OCH3 is 2. The highest BCUT2D eigenvalue weighted by Crippen LogP contribution is 2.65. The Morgan fingerprint density at radius 1 is 1.06 bits per heavy atom. The maximum Gasteiger partial charge on any atom is 0.257 e. The second-order valence-corrected chi connectivity index (χ2v) is 8.01. The van der Waals surface area contributed by atoms with Gasteiger partial charge in [0.25, 0.3) is 5.88 Å². The number of H-pyrrole nitrogens is 1. The molecule has 2 aromatic carbocycles. The summed E-state index contributed by atoms with van der Waals surface area (Å²) in [5.74, 6) is 2.41. The molecule has 0 unspecified atom stereocenters. The number of amides is 1. The van der Waals surface area contributed by atoms with Crippen molar-refractivity contribution in [2.24, 2.45) is 0 Å². The third-order valence-electron chi connectivity index (χ3n) is 6.41. The van der Waals surface area contributed by atoms with Gasteiger partial charge in [-0.05, 0) is 47.9 Å². The maximum absolute atomic E-state index is 12.9. The van der Waals surface area contributed by atoms with Crippen molar-refractivity contribution in [3.63, 3.8) is 0 Å². The van der Waals surface area contributed by atoms with Crippen molar-refractivity contribution in [2.75, 3.05) is 24.9 Å². The van der Waals surface area contributed by atoms with Crippen molar-refractivity contribution >= 4 is 34.1 Å². The van der Waals surface area contributed by atoms with Crippen molar-refractivity contribution < 1.29 is 14.3 Å². The van der Waals surface area contributed by atoms with E-state index in [1.54, 1.807) is 26.6 Å². The fraction of sp³-hybridized carbons (Fsp3) is 0.217. The van der Waals surface area contributed by atoms with Gasteiger partial charge in [0.1, 0.15) is 5.75 Å². The molecule has 3 heterocycles. The summed E-state index contributed by atoms with van der Waals surface area (Å²) >= 11 is 0. The van der Waals surface area contributed by atoms with Gasteiger partial charge in [-0.25, -0.2) is 9.97 Å². The molecule has 1 fully saturated rings. The van der Waals surface area contributed by atoms with Crippen LogP contribution in [0.25, 0.3) is 10.9 Å². The molecule has 1 saturated carbocycles. The van der Waals surface area contributed by atoms with Gasteiger partial charge in [-0.1, -0.05) is 6.07 Å². The Morgan fingerprint density at radius 3 is 2.78 bits per heavy atom. The van der Waals surface area contributed by atoms with Crippen LogP contribution in [0.4, 0.5) is 17.3 Å². The maximum atomic E-state index is 12.9. The van der Waals surface area contributed by atoms with Crippen LogP contribution in [-0.4, -0.2) is 40.3 Å². The molecular formula is C23H20N6O3. The number of carbonyl (C=O) groups excluding carboxylic acids is 1. The molecule has 2 aromatic heterocycles. The molecule has 1 amide bonds. The summed E-state index contributed by atoms with van der Waals surface area (Å²) in [6, 6.07) is 11.9. The normalized spacial score (nSPS) is 20.8. The molecule has 2 aliphatic rings. The number of nitrogens with one attached hydrogen (secondary N) is 3. The predicted octanol–water partition coefficient (Wildman–Crippen LogP) is 3.49. The summed E-state index contributed by atoms with van der Waals surface area (Å²) < 4.78 is 10.6. The monoisotopic (exact) mass is 428 g/mol. The Labute approximate surface area is 183 Å². The smallest absolute Gasteiger partial charge is 0.257 e. The van der Waals surface area contributed by atoms with E-state index in [1.165, 1.54) is 0 Å². The standard InChI is InChI=1S/C23H20N6O3/c1-31-13-4-6-17-15(10-13)23(22(30)26-17)11-16(23)12-3-5-14-18(9-12)28-29-19(14)27-20-21(32-2)25-8-7-24-20/h3-10,16H,11H2,1-2H3,(H,26,30)(H2,24,27,28,29)/t16-,23-/m0/s1. The molecular weight excluding hydrogens is 408 g/mol. The van der Waals surface area contributed by atoms with E-state index < -0.39 is 5.41 Å². The molecule has 9 heteroatoms. The molecule has 32 heavy (non-hydrogen) atoms. The van der Waals surface area contributed by atoms with Crippen molar-refractivity contribution in [2.45, 2.75) is 17.8 Å². The molecule has 1 aliphatic carbocycles. The van der Waals surface area contributed by atoms with Crippen LogP contribution in [-0.2, 0) is 10.2 Å². The third-order valence-corrected chi connectivity index (χ3v) is 6.41. The van der Waals surface area contributed by atoms with Gasteiger partial charge in [0.15, 0.2) is 11.6 Å². The third kappa shape index (κ3) is 2.57. The lowest BCUT2D eigenvalue weighted by atomic mass is 9.91. The summed E-state index contributed by atoms with van der Waals surface area (Å²) in [5.41, 5.74) is 3.31. The molecule has 0 saturated heterocycles. The summed E-state index contributed by atoms with van der Waals surface area (Å²) in [5, 5.41) is 14.6. The first kappa shape index (κ1) is 18.6. The number of rotatable bonds is 5. The zero-order chi connectivity index (χ0) is 21.9. The summed E-state index contributed by atoms with van der Waals surface area (Å²) in [6.45, 7) is 0. The van der Waals surface area contributed by atoms with Crippen LogP contribution in [0.1, 0.15) is 23.5 Å². The zero-order valence-electron chi connectivity index (χ0n) is 17.5. The number of nitrogens with zero attached hydrogens (tertiary/aromatic N) is 3. The van der Waals surface area contributed by atoms with Crippen LogP contribution >= 0.6 is 0 Å². The molecule has 1 spiro atoms. The van der Waals surface area contributed by atoms with E-state index in [0.717, 1.165) is 39.9 Å². The number of carbonyl (C=O) groups is 1. The minimum absolute atomic E-state index is 0.0487. The largest absolute Gasteiger partial charge is 0.497 e. The quantitative estimate of drug-likeness (QED) is 0.446. The second kappa shape index (κ2) is 6.68. The number of aromatic amines is 1. The summed E-state index contributed by atoms with van der Waals surface area (Å²) in [6.07, 6.45) is 3.92. The summed E-state index contributed by atoms with van der Waals surface area (Å²) in [4.78, 5) is 21.3. The van der Waals surface area contributed by atoms with Gasteiger partial charge < -0.3 is 20.1 Å². The lowest BCUT2D eigenvalue weighted by molar-refractivity contribution is -0.118. The lowest BCUT2D eigenvalue weighted by Gasteiger charge is -2.10. The second-order valence-electron chi connectivity index (χ2n) is 8.01. The number of fused-ring (bicyclic) bond motifs is 3. The predicted molar refractivity (Wildman–Crippen MR) is 119 cm³/mol. The Kier molecular flexibility index (Phi) is 3.89. The fourth-order valence-electron chi connectivity index (χ4n) is 4.72. The highest BCUT2D eigenvalue weighted by molar-refractivity contribution is 6.10. The van der Waals surface area contributed by atoms with E-state index in [0.29, 0.717) is 17.5 Å². The van der Waals surface area contributed by atoms with Gasteiger partial charge in [-0.15, -0.1) is 0 Å². The van der Waals surface area contributed by atoms with Gasteiger partial charge in [0.05, 0.1) is 25.2 Å². The Morgan fingerprint density at radius 2 is 1.94 bits per heavy atom. The average Bonchev–Trinajstić information content (AvgIpc) is 3.38. The Hall–Kier alpha value is -4.14. The fourth-order valence-corrected chi connectivity index (χ4v) is 4.72. The molecule has 1 aliphatic heterocycles. The molecule has 2 atom stereocenters. The minimum Gasteiger partial charge on any atom is -0.497 e. The summed E-state index contributed by atoms with van der Waals surface area (Å²) in [7, 11) is 3.18. The van der Waals surface area contributed by atoms with Crippen LogP contribution in [0, 0.1) is 0 Å². The lowest BCUT2D eigenvalue weighted by Crippen LogP contribution is -2.21. The molecule has 0 radical (unpaired) electrons. The number of hydrogen-bond donors (Lipinski definition) is 3. The molecule has 160 valence electrons. The van der Waals surface area contributed by atoms with Gasteiger partial charge in [0.2, 0.25) is 5.91 Å². The van der Waals surface area contributed by atoms with Crippen LogP contribution in [0.15, 0.2) is 48.8 Å². The van der Waals surface area contributed by atoms with Crippen LogP contribution < -0.4 is 20.1 Å². The first-order valence-electron chi connectivity index (χ1n) is 10.2. The topological polar surface area (TPSA) is 114 Å². The highest BCUT2D eigenvalue weighted by atomic mass is 16.5. The molecule has 3 N–H and O–H groups in total. The van der Waals surface area contributed by atoms with Crippen LogP contribution in [0.2, 0.25) is 0 Å². The van der Waals surface area contributed by atoms with E-state index in [2.05, 4.69) is 42.9 Å². The zero-order valence-corrected chi connectivity index (χ0v) is 17.5. The van der Waals surface area contributed by atoms with Crippen LogP contribution in [0.5, 0.6) is 11.6 Å². The van der Waals surface area contributed by atoms with Crippen LogP contribution in [0.3, 0.4) is 0 Å². The Balaban J connectivity index is 1.33. The number of aromatic nitrogens is 4. The first-order chi connectivity index (χ1) is 15.6. The van der Waals surface area contributed by atoms with E-state index >= 15 is 0 Å². The highest BCUT2D eigenvalue weighted by Gasteiger charge is 2.65. The minimum atomic E-state index is -0.536. The molecule has 6 rings (SSSR count). The van der Waals surface area contributed by atoms with Gasteiger partial charge >= 0.3 is 0 Å². The SMILES string of the molecule is COc1ccc2c(c1)[C@]1(C[C@H]1c1ccc3c(Nc4nccnc4OC)n[nH]c3c1)C(=O)N2. The van der Waals surface area contributed by atoms with E-state index in [9.17, 15) is 4.79 Å². The van der Waals surface area contributed by atoms with Crippen molar-refractivity contribution in [1.29, 1.82) is 0 Å². The van der Waals surface area contributed by atoms with Crippen molar-refractivity contribution in [1.82, 2.24) is 20.2 Å². The number of anilines is 3. The van der Waals surface area contributed by atoms with Crippen molar-refractivity contribution in [3.05, 3.63) is 59.9 Å².